The predicted molar refractivity (Wildman–Crippen MR) is 78.8 cm³/mol. The number of nitrogens with two attached hydrogens (primary N) is 1. The van der Waals surface area contributed by atoms with E-state index in [1.54, 1.807) is 10.7 Å². The minimum Gasteiger partial charge on any atom is -0.380 e. The van der Waals surface area contributed by atoms with E-state index >= 15 is 0 Å². The van der Waals surface area contributed by atoms with Gasteiger partial charge < -0.3 is 11.1 Å². The number of aromatic nitrogens is 2. The minimum atomic E-state index is -0.438. The Hall–Kier alpha value is -2.04. The molecule has 2 aromatic rings. The number of hydrogen-bond acceptors (Lipinski definition) is 3. The van der Waals surface area contributed by atoms with Gasteiger partial charge in [0.05, 0.1) is 23.0 Å². The molecule has 2 unspecified atom stereocenters. The van der Waals surface area contributed by atoms with Crippen molar-refractivity contribution >= 4 is 17.1 Å². The zero-order valence-electron chi connectivity index (χ0n) is 11.7. The zero-order valence-corrected chi connectivity index (χ0v) is 11.7. The summed E-state index contributed by atoms with van der Waals surface area (Å²) in [4.78, 5) is 11.6. The summed E-state index contributed by atoms with van der Waals surface area (Å²) in [7, 11) is 0. The van der Waals surface area contributed by atoms with E-state index in [0.29, 0.717) is 17.5 Å². The first-order valence-corrected chi connectivity index (χ1v) is 7.19. The highest BCUT2D eigenvalue weighted by Crippen LogP contribution is 2.30. The Morgan fingerprint density at radius 1 is 1.45 bits per heavy atom. The number of fused-ring (bicyclic) bond motifs is 1. The topological polar surface area (TPSA) is 72.4 Å². The first-order valence-electron chi connectivity index (χ1n) is 7.19. The van der Waals surface area contributed by atoms with E-state index < -0.39 is 5.91 Å². The zero-order chi connectivity index (χ0) is 14.1. The first kappa shape index (κ1) is 13.0. The normalized spacial score (nSPS) is 22.9. The molecule has 1 aliphatic rings. The SMILES string of the molecule is CC1CCCCC1Nc1c(C(N)=O)cnn2cccc12. The second kappa shape index (κ2) is 5.15. The second-order valence-corrected chi connectivity index (χ2v) is 5.65. The highest BCUT2D eigenvalue weighted by atomic mass is 16.1. The van der Waals surface area contributed by atoms with Crippen molar-refractivity contribution in [2.24, 2.45) is 11.7 Å². The van der Waals surface area contributed by atoms with Crippen LogP contribution in [-0.4, -0.2) is 21.6 Å². The molecule has 106 valence electrons. The Bertz CT molecular complexity index is 634. The largest absolute Gasteiger partial charge is 0.380 e. The molecule has 0 saturated heterocycles. The lowest BCUT2D eigenvalue weighted by Gasteiger charge is -2.31. The number of amides is 1. The molecule has 2 aromatic heterocycles. The fourth-order valence-corrected chi connectivity index (χ4v) is 3.05. The highest BCUT2D eigenvalue weighted by molar-refractivity contribution is 6.01. The molecule has 2 heterocycles. The maximum absolute atomic E-state index is 11.6. The van der Waals surface area contributed by atoms with Crippen LogP contribution in [-0.2, 0) is 0 Å². The Morgan fingerprint density at radius 2 is 2.25 bits per heavy atom. The summed E-state index contributed by atoms with van der Waals surface area (Å²) >= 11 is 0. The summed E-state index contributed by atoms with van der Waals surface area (Å²) in [5.74, 6) is 0.166. The summed E-state index contributed by atoms with van der Waals surface area (Å²) in [6.45, 7) is 2.26. The Labute approximate surface area is 118 Å². The molecule has 5 nitrogen and oxygen atoms in total. The molecule has 0 radical (unpaired) electrons. The van der Waals surface area contributed by atoms with E-state index in [0.717, 1.165) is 17.6 Å². The van der Waals surface area contributed by atoms with Crippen LogP contribution in [0.1, 0.15) is 43.0 Å². The Kier molecular flexibility index (Phi) is 3.34. The molecule has 0 aliphatic heterocycles. The van der Waals surface area contributed by atoms with E-state index in [2.05, 4.69) is 17.3 Å². The second-order valence-electron chi connectivity index (χ2n) is 5.65. The standard InChI is InChI=1S/C15H20N4O/c1-10-5-2-3-6-12(10)18-14-11(15(16)20)9-17-19-8-4-7-13(14)19/h4,7-10,12,18H,2-3,5-6H2,1H3,(H2,16,20). The molecule has 1 aliphatic carbocycles. The molecule has 0 spiro atoms. The molecule has 3 N–H and O–H groups in total. The number of primary amides is 1. The van der Waals surface area contributed by atoms with Gasteiger partial charge >= 0.3 is 0 Å². The number of nitrogens with zero attached hydrogens (tertiary/aromatic N) is 2. The van der Waals surface area contributed by atoms with Crippen molar-refractivity contribution in [3.8, 4) is 0 Å². The van der Waals surface area contributed by atoms with Crippen LogP contribution >= 0.6 is 0 Å². The van der Waals surface area contributed by atoms with Crippen LogP contribution in [0.4, 0.5) is 5.69 Å². The van der Waals surface area contributed by atoms with Crippen LogP contribution < -0.4 is 11.1 Å². The van der Waals surface area contributed by atoms with Gasteiger partial charge in [-0.3, -0.25) is 4.79 Å². The molecule has 5 heteroatoms. The van der Waals surface area contributed by atoms with Crippen molar-refractivity contribution in [3.05, 3.63) is 30.1 Å². The van der Waals surface area contributed by atoms with Gasteiger partial charge in [-0.25, -0.2) is 4.52 Å². The van der Waals surface area contributed by atoms with Gasteiger partial charge in [-0.2, -0.15) is 5.10 Å². The summed E-state index contributed by atoms with van der Waals surface area (Å²) in [6, 6.07) is 4.26. The van der Waals surface area contributed by atoms with Gasteiger partial charge in [0.2, 0.25) is 0 Å². The predicted octanol–water partition coefficient (Wildman–Crippen LogP) is 2.42. The quantitative estimate of drug-likeness (QED) is 0.901. The van der Waals surface area contributed by atoms with Crippen LogP contribution in [0.5, 0.6) is 0 Å². The smallest absolute Gasteiger partial charge is 0.252 e. The lowest BCUT2D eigenvalue weighted by Crippen LogP contribution is -2.31. The van der Waals surface area contributed by atoms with Gasteiger partial charge in [0.1, 0.15) is 0 Å². The lowest BCUT2D eigenvalue weighted by molar-refractivity contribution is 0.100. The highest BCUT2D eigenvalue weighted by Gasteiger charge is 2.23. The number of nitrogens with one attached hydrogen (secondary N) is 1. The van der Waals surface area contributed by atoms with Gasteiger partial charge in [0, 0.05) is 12.2 Å². The van der Waals surface area contributed by atoms with Crippen molar-refractivity contribution in [2.75, 3.05) is 5.32 Å². The number of rotatable bonds is 3. The number of hydrogen-bond donors (Lipinski definition) is 2. The van der Waals surface area contributed by atoms with Crippen LogP contribution in [0.3, 0.4) is 0 Å². The molecule has 0 bridgehead atoms. The Morgan fingerprint density at radius 3 is 3.00 bits per heavy atom. The van der Waals surface area contributed by atoms with E-state index in [4.69, 9.17) is 5.73 Å². The molecule has 20 heavy (non-hydrogen) atoms. The maximum atomic E-state index is 11.6. The fourth-order valence-electron chi connectivity index (χ4n) is 3.05. The van der Waals surface area contributed by atoms with Gasteiger partial charge in [0.15, 0.2) is 0 Å². The third-order valence-corrected chi connectivity index (χ3v) is 4.27. The van der Waals surface area contributed by atoms with Crippen molar-refractivity contribution in [1.82, 2.24) is 9.61 Å². The summed E-state index contributed by atoms with van der Waals surface area (Å²) in [5.41, 5.74) is 7.67. The average Bonchev–Trinajstić information content (AvgIpc) is 2.90. The first-order chi connectivity index (χ1) is 9.66. The van der Waals surface area contributed by atoms with Crippen molar-refractivity contribution in [3.63, 3.8) is 0 Å². The summed E-state index contributed by atoms with van der Waals surface area (Å²) < 4.78 is 1.77. The third-order valence-electron chi connectivity index (χ3n) is 4.27. The van der Waals surface area contributed by atoms with E-state index in [9.17, 15) is 4.79 Å². The van der Waals surface area contributed by atoms with E-state index in [1.807, 2.05) is 18.3 Å². The molecular formula is C15H20N4O. The minimum absolute atomic E-state index is 0.392. The molecule has 1 fully saturated rings. The van der Waals surface area contributed by atoms with Gasteiger partial charge in [-0.05, 0) is 30.9 Å². The van der Waals surface area contributed by atoms with Crippen LogP contribution in [0.2, 0.25) is 0 Å². The third kappa shape index (κ3) is 2.24. The van der Waals surface area contributed by atoms with Crippen molar-refractivity contribution < 1.29 is 4.79 Å². The molecule has 1 saturated carbocycles. The summed E-state index contributed by atoms with van der Waals surface area (Å²) in [5, 5.41) is 7.76. The number of carbonyl (C=O) groups is 1. The average molecular weight is 272 g/mol. The van der Waals surface area contributed by atoms with Gasteiger partial charge in [-0.1, -0.05) is 19.8 Å². The van der Waals surface area contributed by atoms with Crippen molar-refractivity contribution in [1.29, 1.82) is 0 Å². The molecule has 1 amide bonds. The van der Waals surface area contributed by atoms with Gasteiger partial charge in [0.25, 0.3) is 5.91 Å². The van der Waals surface area contributed by atoms with Crippen molar-refractivity contribution in [2.45, 2.75) is 38.6 Å². The van der Waals surface area contributed by atoms with Crippen LogP contribution in [0.15, 0.2) is 24.5 Å². The van der Waals surface area contributed by atoms with Gasteiger partial charge in [-0.15, -0.1) is 0 Å². The molecule has 3 rings (SSSR count). The molecule has 0 aromatic carbocycles. The molecular weight excluding hydrogens is 252 g/mol. The fraction of sp³-hybridized carbons (Fsp3) is 0.467. The number of carbonyl (C=O) groups excluding carboxylic acids is 1. The lowest BCUT2D eigenvalue weighted by atomic mass is 9.85. The van der Waals surface area contributed by atoms with Crippen LogP contribution in [0.25, 0.3) is 5.52 Å². The monoisotopic (exact) mass is 272 g/mol. The van der Waals surface area contributed by atoms with Crippen LogP contribution in [0, 0.1) is 5.92 Å². The Balaban J connectivity index is 2.01. The van der Waals surface area contributed by atoms with E-state index in [-0.39, 0.29) is 0 Å². The number of anilines is 1. The maximum Gasteiger partial charge on any atom is 0.252 e. The summed E-state index contributed by atoms with van der Waals surface area (Å²) in [6.07, 6.45) is 8.30. The van der Waals surface area contributed by atoms with E-state index in [1.165, 1.54) is 19.3 Å². The molecule has 2 atom stereocenters.